The van der Waals surface area contributed by atoms with E-state index in [2.05, 4.69) is 49.8 Å². The Bertz CT molecular complexity index is 481. The first-order chi connectivity index (χ1) is 9.38. The van der Waals surface area contributed by atoms with Crippen LogP contribution in [-0.2, 0) is 14.6 Å². The molecule has 0 bridgehead atoms. The molecule has 2 rings (SSSR count). The highest BCUT2D eigenvalue weighted by molar-refractivity contribution is 6.22. The van der Waals surface area contributed by atoms with Crippen LogP contribution in [0.15, 0.2) is 36.1 Å². The molecule has 1 heterocycles. The molecular formula is C16H23O3Si. The maximum absolute atomic E-state index is 5.51. The zero-order chi connectivity index (χ0) is 15.2. The quantitative estimate of drug-likeness (QED) is 0.586. The minimum atomic E-state index is 0.0689. The summed E-state index contributed by atoms with van der Waals surface area (Å²) in [6, 6.07) is 8.53. The van der Waals surface area contributed by atoms with E-state index in [1.807, 2.05) is 13.0 Å². The van der Waals surface area contributed by atoms with Gasteiger partial charge in [-0.1, -0.05) is 32.9 Å². The first-order valence-electron chi connectivity index (χ1n) is 6.53. The number of ether oxygens (including phenoxy) is 1. The lowest BCUT2D eigenvalue weighted by Gasteiger charge is -2.19. The summed E-state index contributed by atoms with van der Waals surface area (Å²) < 4.78 is 15.0. The molecular weight excluding hydrogens is 268 g/mol. The van der Waals surface area contributed by atoms with Gasteiger partial charge in [0.25, 0.3) is 5.78 Å². The Hall–Kier alpha value is -1.39. The molecule has 109 valence electrons. The maximum atomic E-state index is 5.51. The third-order valence-electron chi connectivity index (χ3n) is 2.72. The molecule has 0 unspecified atom stereocenters. The average molecular weight is 291 g/mol. The molecule has 1 aromatic rings. The molecule has 4 heteroatoms. The van der Waals surface area contributed by atoms with Gasteiger partial charge in [0.05, 0.1) is 17.4 Å². The summed E-state index contributed by atoms with van der Waals surface area (Å²) in [6.07, 6.45) is 1.93. The van der Waals surface area contributed by atoms with Gasteiger partial charge >= 0.3 is 10.0 Å². The highest BCUT2D eigenvalue weighted by Crippen LogP contribution is 2.22. The molecule has 20 heavy (non-hydrogen) atoms. The van der Waals surface area contributed by atoms with Crippen molar-refractivity contribution in [3.05, 3.63) is 47.2 Å². The molecule has 0 N–H and O–H groups in total. The highest BCUT2D eigenvalue weighted by atomic mass is 28.2. The Labute approximate surface area is 124 Å². The second kappa shape index (κ2) is 7.41. The maximum Gasteiger partial charge on any atom is 0.424 e. The van der Waals surface area contributed by atoms with Crippen LogP contribution in [0.2, 0.25) is 0 Å². The van der Waals surface area contributed by atoms with E-state index < -0.39 is 0 Å². The Morgan fingerprint density at radius 1 is 1.10 bits per heavy atom. The fourth-order valence-electron chi connectivity index (χ4n) is 1.65. The summed E-state index contributed by atoms with van der Waals surface area (Å²) in [5, 5.41) is 0. The minimum Gasteiger partial charge on any atom is -0.633 e. The Morgan fingerprint density at radius 3 is 2.10 bits per heavy atom. The molecule has 1 aliphatic heterocycles. The number of hydrogen-bond donors (Lipinski definition) is 0. The predicted octanol–water partition coefficient (Wildman–Crippen LogP) is 3.43. The molecule has 0 atom stereocenters. The third-order valence-corrected chi connectivity index (χ3v) is 3.43. The van der Waals surface area contributed by atoms with Crippen LogP contribution >= 0.6 is 0 Å². The largest absolute Gasteiger partial charge is 0.633 e. The first-order valence-corrected chi connectivity index (χ1v) is 7.35. The summed E-state index contributed by atoms with van der Waals surface area (Å²) in [5.74, 6) is 1.80. The van der Waals surface area contributed by atoms with E-state index in [1.54, 1.807) is 14.2 Å². The Morgan fingerprint density at radius 2 is 1.65 bits per heavy atom. The van der Waals surface area contributed by atoms with E-state index in [-0.39, 0.29) is 15.4 Å². The molecule has 0 amide bonds. The molecule has 1 aromatic carbocycles. The van der Waals surface area contributed by atoms with Crippen LogP contribution in [0.25, 0.3) is 0 Å². The Kier molecular flexibility index (Phi) is 6.17. The monoisotopic (exact) mass is 291 g/mol. The number of hydrogen-bond acceptors (Lipinski definition) is 2. The fraction of sp³-hybridized carbons (Fsp3) is 0.438. The Balaban J connectivity index is 0.000000612. The van der Waals surface area contributed by atoms with Crippen LogP contribution in [0.1, 0.15) is 42.9 Å². The van der Waals surface area contributed by atoms with Crippen LogP contribution < -0.4 is 0 Å². The van der Waals surface area contributed by atoms with Crippen molar-refractivity contribution in [1.29, 1.82) is 0 Å². The molecule has 0 aliphatic carbocycles. The van der Waals surface area contributed by atoms with Gasteiger partial charge in [-0.3, -0.25) is 0 Å². The minimum absolute atomic E-state index is 0.0689. The molecule has 3 nitrogen and oxygen atoms in total. The van der Waals surface area contributed by atoms with Crippen molar-refractivity contribution in [3.63, 3.8) is 0 Å². The molecule has 1 aliphatic rings. The first kappa shape index (κ1) is 16.7. The summed E-state index contributed by atoms with van der Waals surface area (Å²) in [7, 11) is 3.32. The van der Waals surface area contributed by atoms with Crippen molar-refractivity contribution in [2.45, 2.75) is 33.1 Å². The van der Waals surface area contributed by atoms with Crippen molar-refractivity contribution in [1.82, 2.24) is 0 Å². The summed E-state index contributed by atoms with van der Waals surface area (Å²) in [6.45, 7) is 8.58. The van der Waals surface area contributed by atoms with E-state index in [1.165, 1.54) is 5.56 Å². The van der Waals surface area contributed by atoms with Crippen molar-refractivity contribution in [2.75, 3.05) is 14.2 Å². The smallest absolute Gasteiger partial charge is 0.424 e. The van der Waals surface area contributed by atoms with E-state index in [9.17, 15) is 0 Å². The van der Waals surface area contributed by atoms with Crippen molar-refractivity contribution in [2.24, 2.45) is 0 Å². The topological polar surface area (TPSA) is 29.8 Å². The van der Waals surface area contributed by atoms with Crippen LogP contribution in [0.4, 0.5) is 0 Å². The number of methoxy groups -OCH3 is 1. The van der Waals surface area contributed by atoms with Gasteiger partial charge in [0.1, 0.15) is 0 Å². The lowest BCUT2D eigenvalue weighted by atomic mass is 9.86. The van der Waals surface area contributed by atoms with Crippen LogP contribution in [0.5, 0.6) is 0 Å². The number of carbonyl (C=O) groups excluding carboxylic acids is 1. The number of ketones is 1. The normalized spacial score (nSPS) is 14.1. The standard InChI is InChI=1S/C14H17O2Si.C2H6O/c1-10-9-13(16-17-15-10)11-5-7-12(8-6-11)14(2,3)4;1-3-2/h5-9H,1-4H3;1-2H3. The summed E-state index contributed by atoms with van der Waals surface area (Å²) >= 11 is 0. The number of benzene rings is 1. The average Bonchev–Trinajstić information content (AvgIpc) is 2.39. The fourth-order valence-corrected chi connectivity index (χ4v) is 2.15. The molecule has 0 saturated carbocycles. The van der Waals surface area contributed by atoms with Gasteiger partial charge in [0, 0.05) is 14.2 Å². The highest BCUT2D eigenvalue weighted by Gasteiger charge is 2.16. The van der Waals surface area contributed by atoms with Gasteiger partial charge in [-0.05, 0) is 30.0 Å². The zero-order valence-electron chi connectivity index (χ0n) is 13.1. The molecule has 0 aromatic heterocycles. The van der Waals surface area contributed by atoms with Gasteiger partial charge in [-0.15, -0.1) is 0 Å². The van der Waals surface area contributed by atoms with Crippen molar-refractivity contribution in [3.8, 4) is 0 Å². The van der Waals surface area contributed by atoms with Gasteiger partial charge < -0.3 is 13.3 Å². The van der Waals surface area contributed by atoms with E-state index >= 15 is 0 Å². The van der Waals surface area contributed by atoms with Crippen molar-refractivity contribution < 1.29 is 13.3 Å². The van der Waals surface area contributed by atoms with Gasteiger partial charge in [0.2, 0.25) is 0 Å². The van der Waals surface area contributed by atoms with E-state index in [4.69, 9.17) is 8.54 Å². The third kappa shape index (κ3) is 4.94. The second-order valence-corrected chi connectivity index (χ2v) is 6.22. The van der Waals surface area contributed by atoms with Gasteiger partial charge in [-0.2, -0.15) is 0 Å². The molecule has 0 saturated heterocycles. The second-order valence-electron chi connectivity index (χ2n) is 5.64. The zero-order valence-corrected chi connectivity index (χ0v) is 14.1. The summed E-state index contributed by atoms with van der Waals surface area (Å²) in [5.41, 5.74) is 2.62. The van der Waals surface area contributed by atoms with E-state index in [0.717, 1.165) is 17.1 Å². The van der Waals surface area contributed by atoms with E-state index in [0.29, 0.717) is 0 Å². The molecule has 1 radical (unpaired) electrons. The van der Waals surface area contributed by atoms with Gasteiger partial charge in [0.15, 0.2) is 0 Å². The summed E-state index contributed by atoms with van der Waals surface area (Å²) in [4.78, 5) is 0. The predicted molar refractivity (Wildman–Crippen MR) is 83.0 cm³/mol. The number of rotatable bonds is 1. The lowest BCUT2D eigenvalue weighted by Crippen LogP contribution is -2.13. The molecule has 0 spiro atoms. The van der Waals surface area contributed by atoms with Crippen molar-refractivity contribution >= 4 is 15.8 Å². The van der Waals surface area contributed by atoms with Gasteiger partial charge in [-0.25, -0.2) is 0 Å². The van der Waals surface area contributed by atoms with Crippen LogP contribution in [0.3, 0.4) is 0 Å². The van der Waals surface area contributed by atoms with Crippen LogP contribution in [-0.4, -0.2) is 30.0 Å². The number of allylic oxidation sites excluding steroid dienone is 2. The van der Waals surface area contributed by atoms with Crippen LogP contribution in [0, 0.1) is 0 Å². The molecule has 0 fully saturated rings. The lowest BCUT2D eigenvalue weighted by molar-refractivity contribution is -0.106. The SMILES string of the molecule is CC1=CC(c2ccc(C(C)(C)C)cc2)=[O+][Si-]O1.COC.